The minimum absolute atomic E-state index is 0.0399. The van der Waals surface area contributed by atoms with Gasteiger partial charge in [-0.05, 0) is 47.7 Å². The van der Waals surface area contributed by atoms with Crippen LogP contribution < -0.4 is 10.4 Å². The number of hydrazine groups is 1. The molecule has 1 saturated carbocycles. The molecule has 0 atom stereocenters. The van der Waals surface area contributed by atoms with E-state index in [2.05, 4.69) is 25.3 Å². The van der Waals surface area contributed by atoms with Gasteiger partial charge in [0.25, 0.3) is 0 Å². The molecule has 0 aromatic carbocycles. The number of hydrogen-bond donors (Lipinski definition) is 1. The number of fused-ring (bicyclic) bond motifs is 1. The summed E-state index contributed by atoms with van der Waals surface area (Å²) in [5.74, 6) is 0.469. The van der Waals surface area contributed by atoms with Gasteiger partial charge in [-0.2, -0.15) is 15.2 Å². The van der Waals surface area contributed by atoms with Gasteiger partial charge < -0.3 is 14.2 Å². The summed E-state index contributed by atoms with van der Waals surface area (Å²) >= 11 is 0. The third kappa shape index (κ3) is 5.16. The second-order valence-electron chi connectivity index (χ2n) is 8.82. The van der Waals surface area contributed by atoms with Crippen LogP contribution in [-0.4, -0.2) is 62.8 Å². The molecule has 1 N–H and O–H groups in total. The maximum Gasteiger partial charge on any atom is 0.426 e. The third-order valence-corrected chi connectivity index (χ3v) is 4.86. The zero-order chi connectivity index (χ0) is 21.9. The lowest BCUT2D eigenvalue weighted by atomic mass is 10.2. The summed E-state index contributed by atoms with van der Waals surface area (Å²) in [7, 11) is 3.99. The van der Waals surface area contributed by atoms with Crippen molar-refractivity contribution in [3.05, 3.63) is 12.2 Å². The minimum atomic E-state index is -0.627. The van der Waals surface area contributed by atoms with Crippen molar-refractivity contribution in [1.82, 2.24) is 29.8 Å². The first kappa shape index (κ1) is 21.8. The Bertz CT molecular complexity index is 935. The molecule has 1 amide bonds. The lowest BCUT2D eigenvalue weighted by molar-refractivity contribution is 0.0514. The highest BCUT2D eigenvalue weighted by atomic mass is 16.6. The molecule has 162 valence electrons. The number of hydrogen-bond acceptors (Lipinski definition) is 8. The normalized spacial score (nSPS) is 14.8. The van der Waals surface area contributed by atoms with E-state index in [1.54, 1.807) is 11.3 Å². The highest BCUT2D eigenvalue weighted by Crippen LogP contribution is 2.30. The van der Waals surface area contributed by atoms with Gasteiger partial charge in [0, 0.05) is 13.1 Å². The second-order valence-corrected chi connectivity index (χ2v) is 8.82. The predicted octanol–water partition coefficient (Wildman–Crippen LogP) is 2.45. The van der Waals surface area contributed by atoms with Gasteiger partial charge in [0.05, 0.1) is 12.4 Å². The summed E-state index contributed by atoms with van der Waals surface area (Å²) in [6.45, 7) is 6.92. The molecule has 30 heavy (non-hydrogen) atoms. The average molecular weight is 415 g/mol. The lowest BCUT2D eigenvalue weighted by Gasteiger charge is -2.31. The van der Waals surface area contributed by atoms with E-state index in [0.717, 1.165) is 32.2 Å². The molecule has 10 nitrogen and oxygen atoms in total. The Kier molecular flexibility index (Phi) is 6.41. The van der Waals surface area contributed by atoms with Crippen molar-refractivity contribution in [2.75, 3.05) is 25.6 Å². The zero-order valence-electron chi connectivity index (χ0n) is 18.3. The van der Waals surface area contributed by atoms with Crippen LogP contribution >= 0.6 is 0 Å². The van der Waals surface area contributed by atoms with Crippen LogP contribution in [0.4, 0.5) is 10.6 Å². The van der Waals surface area contributed by atoms with Crippen LogP contribution in [0.3, 0.4) is 0 Å². The van der Waals surface area contributed by atoms with Crippen molar-refractivity contribution in [3.8, 4) is 6.07 Å². The topological polar surface area (TPSA) is 112 Å². The maximum atomic E-state index is 12.6. The van der Waals surface area contributed by atoms with Crippen molar-refractivity contribution in [3.63, 3.8) is 0 Å². The van der Waals surface area contributed by atoms with Crippen molar-refractivity contribution < 1.29 is 9.53 Å². The lowest BCUT2D eigenvalue weighted by Crippen LogP contribution is -2.50. The second kappa shape index (κ2) is 8.83. The number of imidazole rings is 1. The number of nitrogens with zero attached hydrogens (tertiary/aromatic N) is 7. The van der Waals surface area contributed by atoms with Crippen LogP contribution in [0.1, 0.15) is 52.3 Å². The number of nitrogens with one attached hydrogen (secondary N) is 1. The molecule has 0 bridgehead atoms. The van der Waals surface area contributed by atoms with E-state index in [4.69, 9.17) is 4.74 Å². The molecule has 1 aliphatic carbocycles. The van der Waals surface area contributed by atoms with Gasteiger partial charge >= 0.3 is 6.09 Å². The van der Waals surface area contributed by atoms with Crippen molar-refractivity contribution in [1.29, 1.82) is 5.26 Å². The number of carbonyl (C=O) groups is 1. The summed E-state index contributed by atoms with van der Waals surface area (Å²) in [4.78, 5) is 27.9. The summed E-state index contributed by atoms with van der Waals surface area (Å²) in [5, 5.41) is 11.2. The van der Waals surface area contributed by atoms with Crippen molar-refractivity contribution in [2.45, 2.75) is 64.6 Å². The summed E-state index contributed by atoms with van der Waals surface area (Å²) < 4.78 is 7.36. The fourth-order valence-electron chi connectivity index (χ4n) is 3.50. The molecule has 2 aromatic heterocycles. The molecule has 10 heteroatoms. The summed E-state index contributed by atoms with van der Waals surface area (Å²) in [6.07, 6.45) is 5.08. The number of ether oxygens (including phenoxy) is 1. The highest BCUT2D eigenvalue weighted by molar-refractivity contribution is 5.85. The van der Waals surface area contributed by atoms with E-state index in [9.17, 15) is 10.1 Å². The molecular formula is C20H30N8O2. The van der Waals surface area contributed by atoms with Gasteiger partial charge in [-0.25, -0.2) is 15.2 Å². The standard InChI is InChI=1S/C20H30N8O2/c1-20(2,3)30-19(29)25-28(14-8-6-7-9-14)18-16-17(23-15(12-21)24-18)27(13-22-16)11-10-26(4)5/h13-14H,6-11H2,1-5H3,(H,25,29). The van der Waals surface area contributed by atoms with Crippen LogP contribution in [0, 0.1) is 11.3 Å². The zero-order valence-corrected chi connectivity index (χ0v) is 18.3. The highest BCUT2D eigenvalue weighted by Gasteiger charge is 2.30. The molecule has 2 heterocycles. The molecular weight excluding hydrogens is 384 g/mol. The van der Waals surface area contributed by atoms with Crippen molar-refractivity contribution in [2.24, 2.45) is 0 Å². The van der Waals surface area contributed by atoms with Gasteiger partial charge in [-0.1, -0.05) is 12.8 Å². The monoisotopic (exact) mass is 414 g/mol. The number of nitriles is 1. The van der Waals surface area contributed by atoms with Crippen LogP contribution in [-0.2, 0) is 11.3 Å². The largest absolute Gasteiger partial charge is 0.443 e. The number of anilines is 1. The Morgan fingerprint density at radius 1 is 1.33 bits per heavy atom. The van der Waals surface area contributed by atoms with Gasteiger partial charge in [0.15, 0.2) is 17.0 Å². The first-order valence-electron chi connectivity index (χ1n) is 10.2. The smallest absolute Gasteiger partial charge is 0.426 e. The number of likely N-dealkylation sites (N-methyl/N-ethyl adjacent to an activating group) is 1. The van der Waals surface area contributed by atoms with E-state index < -0.39 is 11.7 Å². The molecule has 3 rings (SSSR count). The van der Waals surface area contributed by atoms with E-state index in [1.807, 2.05) is 45.5 Å². The average Bonchev–Trinajstić information content (AvgIpc) is 3.32. The van der Waals surface area contributed by atoms with Gasteiger partial charge in [-0.15, -0.1) is 0 Å². The Morgan fingerprint density at radius 3 is 2.63 bits per heavy atom. The number of amides is 1. The van der Waals surface area contributed by atoms with Crippen LogP contribution in [0.15, 0.2) is 6.33 Å². The molecule has 0 unspecified atom stereocenters. The molecule has 0 spiro atoms. The Labute approximate surface area is 176 Å². The van der Waals surface area contributed by atoms with Crippen molar-refractivity contribution >= 4 is 23.1 Å². The SMILES string of the molecule is CN(C)CCn1cnc2c(N(NC(=O)OC(C)(C)C)C3CCCC3)nc(C#N)nc21. The van der Waals surface area contributed by atoms with E-state index in [1.165, 1.54) is 0 Å². The van der Waals surface area contributed by atoms with Gasteiger partial charge in [0.1, 0.15) is 11.7 Å². The quantitative estimate of drug-likeness (QED) is 0.717. The number of aromatic nitrogens is 4. The van der Waals surface area contributed by atoms with E-state index in [-0.39, 0.29) is 11.9 Å². The number of rotatable bonds is 6. The van der Waals surface area contributed by atoms with Crippen LogP contribution in [0.2, 0.25) is 0 Å². The molecule has 1 aliphatic rings. The number of carbonyl (C=O) groups excluding carboxylic acids is 1. The fourth-order valence-corrected chi connectivity index (χ4v) is 3.50. The molecule has 2 aromatic rings. The summed E-state index contributed by atoms with van der Waals surface area (Å²) in [5.41, 5.74) is 3.35. The third-order valence-electron chi connectivity index (χ3n) is 4.86. The Morgan fingerprint density at radius 2 is 2.03 bits per heavy atom. The predicted molar refractivity (Wildman–Crippen MR) is 113 cm³/mol. The maximum absolute atomic E-state index is 12.6. The molecule has 0 aliphatic heterocycles. The molecule has 0 radical (unpaired) electrons. The first-order chi connectivity index (χ1) is 14.2. The Hall–Kier alpha value is -2.93. The van der Waals surface area contributed by atoms with E-state index in [0.29, 0.717) is 23.5 Å². The van der Waals surface area contributed by atoms with Gasteiger partial charge in [-0.3, -0.25) is 5.01 Å². The van der Waals surface area contributed by atoms with Crippen LogP contribution in [0.25, 0.3) is 11.2 Å². The van der Waals surface area contributed by atoms with E-state index >= 15 is 0 Å². The first-order valence-corrected chi connectivity index (χ1v) is 10.2. The fraction of sp³-hybridized carbons (Fsp3) is 0.650. The molecule has 1 fully saturated rings. The minimum Gasteiger partial charge on any atom is -0.443 e. The van der Waals surface area contributed by atoms with Gasteiger partial charge in [0.2, 0.25) is 5.82 Å². The summed E-state index contributed by atoms with van der Waals surface area (Å²) in [6, 6.07) is 2.08. The Balaban J connectivity index is 2.02. The van der Waals surface area contributed by atoms with Crippen LogP contribution in [0.5, 0.6) is 0 Å². The molecule has 0 saturated heterocycles.